The van der Waals surface area contributed by atoms with Gasteiger partial charge in [-0.15, -0.1) is 11.3 Å². The summed E-state index contributed by atoms with van der Waals surface area (Å²) >= 11 is 1.63. The zero-order valence-corrected chi connectivity index (χ0v) is 17.9. The first-order valence-electron chi connectivity index (χ1n) is 10.1. The van der Waals surface area contributed by atoms with Crippen LogP contribution in [0.15, 0.2) is 53.0 Å². The SMILES string of the molecule is CCOc1ccc([C@@H]2NC(=O)N(CC(=O)NCCc3cccs3)C3=C2C(=O)OC3)cc1. The molecule has 0 saturated heterocycles. The predicted molar refractivity (Wildman–Crippen MR) is 115 cm³/mol. The van der Waals surface area contributed by atoms with E-state index in [0.29, 0.717) is 30.2 Å². The van der Waals surface area contributed by atoms with Crippen molar-refractivity contribution in [2.45, 2.75) is 19.4 Å². The van der Waals surface area contributed by atoms with E-state index in [2.05, 4.69) is 10.6 Å². The number of carbonyl (C=O) groups is 3. The minimum absolute atomic E-state index is 0.0302. The number of nitrogens with zero attached hydrogens (tertiary/aromatic N) is 1. The lowest BCUT2D eigenvalue weighted by atomic mass is 9.95. The van der Waals surface area contributed by atoms with Crippen molar-refractivity contribution < 1.29 is 23.9 Å². The minimum Gasteiger partial charge on any atom is -0.494 e. The maximum atomic E-state index is 12.8. The summed E-state index contributed by atoms with van der Waals surface area (Å²) in [5.74, 6) is -0.0770. The second-order valence-corrected chi connectivity index (χ2v) is 8.12. The van der Waals surface area contributed by atoms with Crippen molar-refractivity contribution in [3.05, 3.63) is 63.5 Å². The van der Waals surface area contributed by atoms with Crippen LogP contribution < -0.4 is 15.4 Å². The molecule has 3 amide bonds. The van der Waals surface area contributed by atoms with E-state index in [4.69, 9.17) is 9.47 Å². The van der Waals surface area contributed by atoms with Gasteiger partial charge in [-0.25, -0.2) is 9.59 Å². The topological polar surface area (TPSA) is 97.0 Å². The molecule has 1 aromatic carbocycles. The number of nitrogens with one attached hydrogen (secondary N) is 2. The molecule has 2 aliphatic rings. The largest absolute Gasteiger partial charge is 0.494 e. The first kappa shape index (κ1) is 20.9. The highest BCUT2D eigenvalue weighted by atomic mass is 32.1. The smallest absolute Gasteiger partial charge is 0.338 e. The van der Waals surface area contributed by atoms with Crippen LogP contribution in [0.25, 0.3) is 0 Å². The molecule has 162 valence electrons. The number of hydrogen-bond acceptors (Lipinski definition) is 6. The van der Waals surface area contributed by atoms with Crippen LogP contribution in [0.1, 0.15) is 23.4 Å². The Morgan fingerprint density at radius 3 is 2.81 bits per heavy atom. The van der Waals surface area contributed by atoms with Crippen LogP contribution in [0.5, 0.6) is 5.75 Å². The number of urea groups is 1. The van der Waals surface area contributed by atoms with E-state index in [9.17, 15) is 14.4 Å². The van der Waals surface area contributed by atoms with Gasteiger partial charge in [0.05, 0.1) is 23.9 Å². The summed E-state index contributed by atoms with van der Waals surface area (Å²) in [4.78, 5) is 40.1. The molecule has 4 rings (SSSR count). The van der Waals surface area contributed by atoms with Gasteiger partial charge in [-0.2, -0.15) is 0 Å². The van der Waals surface area contributed by atoms with Crippen molar-refractivity contribution in [1.29, 1.82) is 0 Å². The lowest BCUT2D eigenvalue weighted by Gasteiger charge is -2.32. The van der Waals surface area contributed by atoms with E-state index in [1.165, 1.54) is 9.78 Å². The molecule has 1 aromatic heterocycles. The molecule has 1 atom stereocenters. The van der Waals surface area contributed by atoms with E-state index >= 15 is 0 Å². The summed E-state index contributed by atoms with van der Waals surface area (Å²) < 4.78 is 10.7. The highest BCUT2D eigenvalue weighted by Crippen LogP contribution is 2.35. The molecule has 9 heteroatoms. The maximum Gasteiger partial charge on any atom is 0.338 e. The second kappa shape index (κ2) is 9.22. The molecule has 0 bridgehead atoms. The van der Waals surface area contributed by atoms with Gasteiger partial charge in [0, 0.05) is 11.4 Å². The van der Waals surface area contributed by atoms with Crippen LogP contribution in [0.4, 0.5) is 4.79 Å². The third kappa shape index (κ3) is 4.56. The van der Waals surface area contributed by atoms with Crippen LogP contribution in [-0.2, 0) is 20.7 Å². The Labute approximate surface area is 183 Å². The van der Waals surface area contributed by atoms with Crippen LogP contribution in [0.3, 0.4) is 0 Å². The number of ether oxygens (including phenoxy) is 2. The van der Waals surface area contributed by atoms with Gasteiger partial charge >= 0.3 is 12.0 Å². The zero-order valence-electron chi connectivity index (χ0n) is 17.1. The first-order valence-corrected chi connectivity index (χ1v) is 10.9. The Kier molecular flexibility index (Phi) is 6.22. The maximum absolute atomic E-state index is 12.8. The van der Waals surface area contributed by atoms with E-state index in [0.717, 1.165) is 12.0 Å². The standard InChI is InChI=1S/C22H23N3O5S/c1-2-29-15-7-5-14(6-8-15)20-19-17(13-30-21(19)27)25(22(28)24-20)12-18(26)23-10-9-16-4-3-11-31-16/h3-8,11,20H,2,9-10,12-13H2,1H3,(H,23,26)(H,24,28)/t20-/m0/s1. The quantitative estimate of drug-likeness (QED) is 0.613. The normalized spacial score (nSPS) is 17.8. The molecule has 2 N–H and O–H groups in total. The van der Waals surface area contributed by atoms with Gasteiger partial charge in [0.2, 0.25) is 5.91 Å². The molecule has 2 aliphatic heterocycles. The number of rotatable bonds is 8. The van der Waals surface area contributed by atoms with Crippen LogP contribution in [-0.4, -0.2) is 49.1 Å². The van der Waals surface area contributed by atoms with Crippen molar-refractivity contribution in [3.63, 3.8) is 0 Å². The van der Waals surface area contributed by atoms with Crippen LogP contribution in [0.2, 0.25) is 0 Å². The average molecular weight is 442 g/mol. The van der Waals surface area contributed by atoms with Gasteiger partial charge in [0.25, 0.3) is 0 Å². The van der Waals surface area contributed by atoms with Gasteiger partial charge < -0.3 is 20.1 Å². The predicted octanol–water partition coefficient (Wildman–Crippen LogP) is 2.38. The Morgan fingerprint density at radius 1 is 1.29 bits per heavy atom. The van der Waals surface area contributed by atoms with Gasteiger partial charge in [-0.05, 0) is 42.5 Å². The third-order valence-corrected chi connectivity index (χ3v) is 6.03. The van der Waals surface area contributed by atoms with Crippen molar-refractivity contribution >= 4 is 29.2 Å². The fraction of sp³-hybridized carbons (Fsp3) is 0.318. The van der Waals surface area contributed by atoms with E-state index < -0.39 is 18.0 Å². The van der Waals surface area contributed by atoms with Crippen molar-refractivity contribution in [2.24, 2.45) is 0 Å². The third-order valence-electron chi connectivity index (χ3n) is 5.10. The minimum atomic E-state index is -0.633. The molecule has 0 fully saturated rings. The summed E-state index contributed by atoms with van der Waals surface area (Å²) in [5, 5.41) is 7.64. The molecular formula is C22H23N3O5S. The monoisotopic (exact) mass is 441 g/mol. The lowest BCUT2D eigenvalue weighted by Crippen LogP contribution is -2.50. The van der Waals surface area contributed by atoms with E-state index in [1.807, 2.05) is 24.4 Å². The van der Waals surface area contributed by atoms with Crippen molar-refractivity contribution in [1.82, 2.24) is 15.5 Å². The molecule has 0 unspecified atom stereocenters. The van der Waals surface area contributed by atoms with Crippen LogP contribution in [0, 0.1) is 0 Å². The number of hydrogen-bond donors (Lipinski definition) is 2. The Morgan fingerprint density at radius 2 is 2.10 bits per heavy atom. The Bertz CT molecular complexity index is 1000. The van der Waals surface area contributed by atoms with Gasteiger partial charge in [0.15, 0.2) is 0 Å². The van der Waals surface area contributed by atoms with Crippen molar-refractivity contribution in [2.75, 3.05) is 26.3 Å². The highest BCUT2D eigenvalue weighted by Gasteiger charge is 2.42. The van der Waals surface area contributed by atoms with Gasteiger partial charge in [-0.3, -0.25) is 9.69 Å². The zero-order chi connectivity index (χ0) is 21.8. The second-order valence-electron chi connectivity index (χ2n) is 7.09. The highest BCUT2D eigenvalue weighted by molar-refractivity contribution is 7.09. The fourth-order valence-corrected chi connectivity index (χ4v) is 4.34. The number of amides is 3. The molecule has 0 aliphatic carbocycles. The number of carbonyl (C=O) groups excluding carboxylic acids is 3. The summed E-state index contributed by atoms with van der Waals surface area (Å²) in [5.41, 5.74) is 1.53. The molecular weight excluding hydrogens is 418 g/mol. The molecule has 31 heavy (non-hydrogen) atoms. The first-order chi connectivity index (χ1) is 15.1. The molecule has 2 aromatic rings. The summed E-state index contributed by atoms with van der Waals surface area (Å²) in [6, 6.07) is 10.1. The lowest BCUT2D eigenvalue weighted by molar-refractivity contribution is -0.136. The Balaban J connectivity index is 1.47. The average Bonchev–Trinajstić information content (AvgIpc) is 3.41. The van der Waals surface area contributed by atoms with Gasteiger partial charge in [-0.1, -0.05) is 18.2 Å². The summed E-state index contributed by atoms with van der Waals surface area (Å²) in [6.07, 6.45) is 0.727. The number of benzene rings is 1. The summed E-state index contributed by atoms with van der Waals surface area (Å²) in [7, 11) is 0. The van der Waals surface area contributed by atoms with Crippen LogP contribution >= 0.6 is 11.3 Å². The molecule has 3 heterocycles. The van der Waals surface area contributed by atoms with Gasteiger partial charge in [0.1, 0.15) is 18.9 Å². The van der Waals surface area contributed by atoms with Crippen molar-refractivity contribution in [3.8, 4) is 5.75 Å². The number of cyclic esters (lactones) is 1. The van der Waals surface area contributed by atoms with E-state index in [-0.39, 0.29) is 19.1 Å². The molecule has 0 saturated carbocycles. The number of thiophene rings is 1. The Hall–Kier alpha value is -3.33. The molecule has 0 radical (unpaired) electrons. The fourth-order valence-electron chi connectivity index (χ4n) is 3.63. The summed E-state index contributed by atoms with van der Waals surface area (Å²) in [6.45, 7) is 2.71. The number of esters is 1. The van der Waals surface area contributed by atoms with E-state index in [1.54, 1.807) is 35.6 Å². The molecule has 0 spiro atoms. The molecule has 8 nitrogen and oxygen atoms in total.